The number of rotatable bonds is 3. The molecular weight excluding hydrogens is 370 g/mol. The van der Waals surface area contributed by atoms with Crippen LogP contribution in [0.3, 0.4) is 0 Å². The molecule has 0 aromatic carbocycles. The number of carbonyl (C=O) groups excluding carboxylic acids is 1. The fourth-order valence-corrected chi connectivity index (χ4v) is 4.84. The summed E-state index contributed by atoms with van der Waals surface area (Å²) < 4.78 is 7.11. The predicted octanol–water partition coefficient (Wildman–Crippen LogP) is 3.57. The van der Waals surface area contributed by atoms with Crippen LogP contribution in [0, 0.1) is 0 Å². The zero-order chi connectivity index (χ0) is 12.4. The van der Waals surface area contributed by atoms with Gasteiger partial charge >= 0.3 is 0 Å². The summed E-state index contributed by atoms with van der Waals surface area (Å²) in [6.45, 7) is 0. The van der Waals surface area contributed by atoms with E-state index < -0.39 is 0 Å². The van der Waals surface area contributed by atoms with Crippen LogP contribution >= 0.6 is 43.2 Å². The maximum atomic E-state index is 12.0. The summed E-state index contributed by atoms with van der Waals surface area (Å²) in [7, 11) is 1.72. The van der Waals surface area contributed by atoms with E-state index in [4.69, 9.17) is 4.74 Å². The van der Waals surface area contributed by atoms with E-state index in [0.29, 0.717) is 5.56 Å². The van der Waals surface area contributed by atoms with E-state index in [2.05, 4.69) is 37.2 Å². The molecule has 0 bridgehead atoms. The summed E-state index contributed by atoms with van der Waals surface area (Å²) in [5, 5.41) is 3.05. The second-order valence-electron chi connectivity index (χ2n) is 4.08. The number of amides is 1. The summed E-state index contributed by atoms with van der Waals surface area (Å²) in [6.07, 6.45) is 3.21. The number of halogens is 2. The molecule has 1 aliphatic carbocycles. The maximum Gasteiger partial charge on any atom is 0.253 e. The van der Waals surface area contributed by atoms with Crippen LogP contribution in [0.15, 0.2) is 13.6 Å². The lowest BCUT2D eigenvalue weighted by molar-refractivity contribution is 0.0915. The molecule has 3 nitrogen and oxygen atoms in total. The first kappa shape index (κ1) is 13.5. The molecule has 2 atom stereocenters. The van der Waals surface area contributed by atoms with Gasteiger partial charge in [-0.15, -0.1) is 11.3 Å². The first-order valence-electron chi connectivity index (χ1n) is 5.38. The normalized spacial score (nSPS) is 23.9. The first-order chi connectivity index (χ1) is 8.10. The van der Waals surface area contributed by atoms with E-state index in [1.807, 2.05) is 6.07 Å². The van der Waals surface area contributed by atoms with Crippen LogP contribution in [-0.2, 0) is 4.74 Å². The monoisotopic (exact) mass is 381 g/mol. The smallest absolute Gasteiger partial charge is 0.253 e. The molecule has 0 saturated heterocycles. The molecule has 94 valence electrons. The topological polar surface area (TPSA) is 38.3 Å². The standard InChI is InChI=1S/C11H13Br2NO2S/c1-16-7-3-2-6(4-7)14-11(15)8-5-9(12)17-10(8)13/h5-7H,2-4H2,1H3,(H,14,15). The van der Waals surface area contributed by atoms with Crippen LogP contribution in [0.1, 0.15) is 29.6 Å². The Morgan fingerprint density at radius 2 is 2.29 bits per heavy atom. The average Bonchev–Trinajstić information content (AvgIpc) is 2.85. The van der Waals surface area contributed by atoms with Gasteiger partial charge in [0.2, 0.25) is 0 Å². The molecule has 17 heavy (non-hydrogen) atoms. The Bertz CT molecular complexity index is 422. The fraction of sp³-hybridized carbons (Fsp3) is 0.545. The minimum Gasteiger partial charge on any atom is -0.381 e. The molecule has 1 amide bonds. The molecule has 1 saturated carbocycles. The van der Waals surface area contributed by atoms with Crippen molar-refractivity contribution in [2.45, 2.75) is 31.4 Å². The van der Waals surface area contributed by atoms with Gasteiger partial charge in [-0.2, -0.15) is 0 Å². The number of hydrogen-bond acceptors (Lipinski definition) is 3. The highest BCUT2D eigenvalue weighted by Gasteiger charge is 2.26. The highest BCUT2D eigenvalue weighted by Crippen LogP contribution is 2.32. The van der Waals surface area contributed by atoms with Crippen LogP contribution in [0.4, 0.5) is 0 Å². The predicted molar refractivity (Wildman–Crippen MR) is 75.6 cm³/mol. The highest BCUT2D eigenvalue weighted by atomic mass is 79.9. The van der Waals surface area contributed by atoms with Crippen LogP contribution < -0.4 is 5.32 Å². The second-order valence-corrected chi connectivity index (χ2v) is 7.83. The number of carbonyl (C=O) groups is 1. The third-order valence-electron chi connectivity index (χ3n) is 2.95. The molecule has 1 N–H and O–H groups in total. The Balaban J connectivity index is 1.96. The van der Waals surface area contributed by atoms with E-state index in [9.17, 15) is 4.79 Å². The molecule has 6 heteroatoms. The Kier molecular flexibility index (Phi) is 4.63. The minimum atomic E-state index is -0.0134. The molecule has 1 heterocycles. The molecule has 1 fully saturated rings. The van der Waals surface area contributed by atoms with Gasteiger partial charge in [0.15, 0.2) is 0 Å². The van der Waals surface area contributed by atoms with Gasteiger partial charge in [-0.1, -0.05) is 0 Å². The van der Waals surface area contributed by atoms with Gasteiger partial charge in [0.1, 0.15) is 0 Å². The van der Waals surface area contributed by atoms with Crippen molar-refractivity contribution in [2.24, 2.45) is 0 Å². The fourth-order valence-electron chi connectivity index (χ4n) is 2.04. The minimum absolute atomic E-state index is 0.0134. The van der Waals surface area contributed by atoms with Crippen LogP contribution in [0.2, 0.25) is 0 Å². The molecule has 1 aromatic heterocycles. The molecule has 2 unspecified atom stereocenters. The summed E-state index contributed by atoms with van der Waals surface area (Å²) in [6, 6.07) is 2.07. The molecule has 0 spiro atoms. The molecule has 2 rings (SSSR count). The summed E-state index contributed by atoms with van der Waals surface area (Å²) >= 11 is 8.28. The van der Waals surface area contributed by atoms with Gasteiger partial charge in [-0.05, 0) is 57.2 Å². The Labute approximate surface area is 121 Å². The van der Waals surface area contributed by atoms with Crippen molar-refractivity contribution in [1.82, 2.24) is 5.32 Å². The SMILES string of the molecule is COC1CCC(NC(=O)c2cc(Br)sc2Br)C1. The van der Waals surface area contributed by atoms with Gasteiger partial charge in [0, 0.05) is 13.2 Å². The molecule has 1 aromatic rings. The zero-order valence-electron chi connectivity index (χ0n) is 9.33. The lowest BCUT2D eigenvalue weighted by atomic mass is 10.2. The average molecular weight is 383 g/mol. The van der Waals surface area contributed by atoms with Gasteiger partial charge in [0.25, 0.3) is 5.91 Å². The maximum absolute atomic E-state index is 12.0. The number of hydrogen-bond donors (Lipinski definition) is 1. The Morgan fingerprint density at radius 1 is 1.53 bits per heavy atom. The van der Waals surface area contributed by atoms with Crippen LogP contribution in [-0.4, -0.2) is 25.2 Å². The highest BCUT2D eigenvalue weighted by molar-refractivity contribution is 9.12. The Hall–Kier alpha value is 0.0900. The molecule has 0 radical (unpaired) electrons. The van der Waals surface area contributed by atoms with Crippen LogP contribution in [0.25, 0.3) is 0 Å². The number of thiophene rings is 1. The summed E-state index contributed by atoms with van der Waals surface area (Å²) in [5.41, 5.74) is 0.697. The quantitative estimate of drug-likeness (QED) is 0.867. The lowest BCUT2D eigenvalue weighted by Crippen LogP contribution is -2.33. The number of ether oxygens (including phenoxy) is 1. The van der Waals surface area contributed by atoms with Gasteiger partial charge in [-0.3, -0.25) is 4.79 Å². The van der Waals surface area contributed by atoms with E-state index >= 15 is 0 Å². The van der Waals surface area contributed by atoms with E-state index in [1.165, 1.54) is 11.3 Å². The Morgan fingerprint density at radius 3 is 2.82 bits per heavy atom. The number of methoxy groups -OCH3 is 1. The van der Waals surface area contributed by atoms with Crippen molar-refractivity contribution in [3.8, 4) is 0 Å². The number of nitrogens with one attached hydrogen (secondary N) is 1. The van der Waals surface area contributed by atoms with Gasteiger partial charge in [0.05, 0.1) is 19.2 Å². The molecule has 0 aliphatic heterocycles. The van der Waals surface area contributed by atoms with E-state index in [-0.39, 0.29) is 18.1 Å². The van der Waals surface area contributed by atoms with Crippen molar-refractivity contribution in [2.75, 3.05) is 7.11 Å². The molecular formula is C11H13Br2NO2S. The summed E-state index contributed by atoms with van der Waals surface area (Å²) in [4.78, 5) is 12.0. The summed E-state index contributed by atoms with van der Waals surface area (Å²) in [5.74, 6) is -0.0134. The van der Waals surface area contributed by atoms with Crippen molar-refractivity contribution in [3.63, 3.8) is 0 Å². The molecule has 1 aliphatic rings. The van der Waals surface area contributed by atoms with Crippen LogP contribution in [0.5, 0.6) is 0 Å². The van der Waals surface area contributed by atoms with Crippen molar-refractivity contribution in [1.29, 1.82) is 0 Å². The second kappa shape index (κ2) is 5.82. The largest absolute Gasteiger partial charge is 0.381 e. The third kappa shape index (κ3) is 3.30. The zero-order valence-corrected chi connectivity index (χ0v) is 13.3. The van der Waals surface area contributed by atoms with E-state index in [0.717, 1.165) is 26.8 Å². The van der Waals surface area contributed by atoms with Crippen molar-refractivity contribution < 1.29 is 9.53 Å². The van der Waals surface area contributed by atoms with Gasteiger partial charge in [-0.25, -0.2) is 0 Å². The van der Waals surface area contributed by atoms with Crippen molar-refractivity contribution >= 4 is 49.1 Å². The van der Waals surface area contributed by atoms with E-state index in [1.54, 1.807) is 7.11 Å². The third-order valence-corrected chi connectivity index (χ3v) is 5.29. The first-order valence-corrected chi connectivity index (χ1v) is 7.79. The van der Waals surface area contributed by atoms with Gasteiger partial charge < -0.3 is 10.1 Å². The van der Waals surface area contributed by atoms with Crippen molar-refractivity contribution in [3.05, 3.63) is 19.2 Å². The lowest BCUT2D eigenvalue weighted by Gasteiger charge is -2.12.